The van der Waals surface area contributed by atoms with Gasteiger partial charge in [0, 0.05) is 6.55 Å². The van der Waals surface area contributed by atoms with E-state index in [1.54, 1.807) is 0 Å². The smallest absolute Gasteiger partial charge is 0.367 e. The molecule has 0 saturated heterocycles. The van der Waals surface area contributed by atoms with Crippen LogP contribution in [0.15, 0.2) is 0 Å². The van der Waals surface area contributed by atoms with Crippen molar-refractivity contribution in [2.45, 2.75) is 42.8 Å². The Kier molecular flexibility index (Phi) is 8.02. The van der Waals surface area contributed by atoms with E-state index in [1.165, 1.54) is 0 Å². The minimum atomic E-state index is -6.35. The van der Waals surface area contributed by atoms with Crippen LogP contribution in [0.3, 0.4) is 0 Å². The number of halogens is 15. The molecule has 0 aliphatic rings. The van der Waals surface area contributed by atoms with Gasteiger partial charge in [-0.3, -0.25) is 0 Å². The Morgan fingerprint density at radius 2 is 0.621 bits per heavy atom. The summed E-state index contributed by atoms with van der Waals surface area (Å²) in [6.45, 7) is -8.67. The van der Waals surface area contributed by atoms with Gasteiger partial charge in [0.2, 0.25) is 0 Å². The number of alkyl halides is 15. The summed E-state index contributed by atoms with van der Waals surface area (Å²) in [6.07, 6.45) is -19.1. The quantitative estimate of drug-likeness (QED) is 0.329. The predicted octanol–water partition coefficient (Wildman–Crippen LogP) is 5.20. The Morgan fingerprint density at radius 3 is 0.759 bits per heavy atom. The topological polar surface area (TPSA) is 27.7 Å². The van der Waals surface area contributed by atoms with E-state index in [-0.39, 0.29) is 6.55 Å². The minimum absolute atomic E-state index is 0.0294. The first kappa shape index (κ1) is 28.0. The fourth-order valence-corrected chi connectivity index (χ4v) is 2.62. The second-order valence-corrected chi connectivity index (χ2v) is 7.93. The molecule has 0 aliphatic carbocycles. The van der Waals surface area contributed by atoms with Gasteiger partial charge in [0.1, 0.15) is 19.8 Å². The van der Waals surface area contributed by atoms with Gasteiger partial charge in [-0.2, -0.15) is 65.9 Å². The highest BCUT2D eigenvalue weighted by Gasteiger charge is 2.63. The van der Waals surface area contributed by atoms with E-state index in [1.807, 2.05) is 0 Å². The molecule has 29 heavy (non-hydrogen) atoms. The zero-order valence-corrected chi connectivity index (χ0v) is 14.5. The lowest BCUT2D eigenvalue weighted by molar-refractivity contribution is -0.304. The van der Waals surface area contributed by atoms with Crippen molar-refractivity contribution in [1.82, 2.24) is 0 Å². The van der Waals surface area contributed by atoms with Crippen LogP contribution in [0, 0.1) is 0 Å². The summed E-state index contributed by atoms with van der Waals surface area (Å²) < 4.78 is 196. The minimum Gasteiger partial charge on any atom is -0.367 e. The van der Waals surface area contributed by atoms with E-state index >= 15 is 0 Å². The maximum atomic E-state index is 12.8. The second-order valence-electron chi connectivity index (χ2n) is 5.34. The van der Waals surface area contributed by atoms with E-state index in [0.29, 0.717) is 0 Å². The van der Waals surface area contributed by atoms with Crippen molar-refractivity contribution in [2.24, 2.45) is 0 Å². The van der Waals surface area contributed by atoms with Gasteiger partial charge < -0.3 is 13.3 Å². The highest BCUT2D eigenvalue weighted by atomic mass is 28.4. The number of rotatable bonds is 9. The number of hydrogen-bond acceptors (Lipinski definition) is 3. The van der Waals surface area contributed by atoms with Gasteiger partial charge in [-0.05, 0) is 0 Å². The standard InChI is InChI=1S/C10H9F15O3Si/c1-29(26-2-5(11,12)8(17,18)19,27-3-6(13,14)9(20,21)22)28-4-7(15,16)10(23,24)25/h2-4H2,1H3. The predicted molar refractivity (Wildman–Crippen MR) is 62.5 cm³/mol. The maximum absolute atomic E-state index is 12.8. The number of hydrogen-bond donors (Lipinski definition) is 0. The zero-order valence-electron chi connectivity index (χ0n) is 13.5. The van der Waals surface area contributed by atoms with Crippen molar-refractivity contribution in [1.29, 1.82) is 0 Å². The molecule has 3 nitrogen and oxygen atoms in total. The van der Waals surface area contributed by atoms with E-state index in [4.69, 9.17) is 0 Å². The Labute approximate surface area is 152 Å². The second kappa shape index (κ2) is 8.29. The average molecular weight is 490 g/mol. The lowest BCUT2D eigenvalue weighted by atomic mass is 10.3. The van der Waals surface area contributed by atoms with Crippen molar-refractivity contribution in [2.75, 3.05) is 19.8 Å². The molecule has 0 bridgehead atoms. The van der Waals surface area contributed by atoms with Crippen molar-refractivity contribution in [3.05, 3.63) is 0 Å². The highest BCUT2D eigenvalue weighted by molar-refractivity contribution is 6.59. The molecule has 0 rings (SSSR count). The molecule has 176 valence electrons. The molecule has 0 aromatic heterocycles. The molecule has 0 unspecified atom stereocenters. The largest absolute Gasteiger partial charge is 0.498 e. The van der Waals surface area contributed by atoms with Crippen LogP contribution in [0.4, 0.5) is 65.9 Å². The van der Waals surface area contributed by atoms with Crippen LogP contribution < -0.4 is 0 Å². The molecule has 0 aromatic rings. The fourth-order valence-electron chi connectivity index (χ4n) is 1.04. The van der Waals surface area contributed by atoms with Crippen LogP contribution in [0.1, 0.15) is 0 Å². The summed E-state index contributed by atoms with van der Waals surface area (Å²) in [5, 5.41) is 0. The Morgan fingerprint density at radius 1 is 0.448 bits per heavy atom. The van der Waals surface area contributed by atoms with Gasteiger partial charge in [-0.25, -0.2) is 0 Å². The lowest BCUT2D eigenvalue weighted by Gasteiger charge is -2.32. The average Bonchev–Trinajstić information content (AvgIpc) is 2.46. The third-order valence-corrected chi connectivity index (χ3v) is 4.80. The molecule has 0 N–H and O–H groups in total. The molecule has 0 aromatic carbocycles. The molecular formula is C10H9F15O3Si. The molecule has 0 aliphatic heterocycles. The fraction of sp³-hybridized carbons (Fsp3) is 1.00. The van der Waals surface area contributed by atoms with Gasteiger partial charge >= 0.3 is 45.1 Å². The summed E-state index contributed by atoms with van der Waals surface area (Å²) >= 11 is 0. The van der Waals surface area contributed by atoms with Gasteiger partial charge in [-0.15, -0.1) is 0 Å². The Hall–Kier alpha value is -0.953. The van der Waals surface area contributed by atoms with Crippen molar-refractivity contribution in [3.8, 4) is 0 Å². The summed E-state index contributed by atoms with van der Waals surface area (Å²) in [5.74, 6) is -17.4. The summed E-state index contributed by atoms with van der Waals surface area (Å²) in [5.41, 5.74) is 0. The Balaban J connectivity index is 5.53. The third kappa shape index (κ3) is 7.67. The normalized spacial score (nSPS) is 15.7. The van der Waals surface area contributed by atoms with E-state index < -0.39 is 64.9 Å². The van der Waals surface area contributed by atoms with Crippen molar-refractivity contribution in [3.63, 3.8) is 0 Å². The van der Waals surface area contributed by atoms with Gasteiger partial charge in [0.05, 0.1) is 0 Å². The van der Waals surface area contributed by atoms with Crippen LogP contribution in [0.25, 0.3) is 0 Å². The van der Waals surface area contributed by atoms with Crippen LogP contribution in [-0.4, -0.2) is 64.9 Å². The molecule has 0 heterocycles. The first-order valence-corrected chi connectivity index (χ1v) is 8.85. The van der Waals surface area contributed by atoms with Gasteiger partial charge in [0.25, 0.3) is 0 Å². The van der Waals surface area contributed by atoms with Crippen LogP contribution in [0.2, 0.25) is 6.55 Å². The van der Waals surface area contributed by atoms with Crippen molar-refractivity contribution >= 4 is 8.80 Å². The van der Waals surface area contributed by atoms with Crippen LogP contribution in [0.5, 0.6) is 0 Å². The monoisotopic (exact) mass is 490 g/mol. The maximum Gasteiger partial charge on any atom is 0.498 e. The molecule has 0 amide bonds. The third-order valence-electron chi connectivity index (χ3n) is 2.79. The lowest BCUT2D eigenvalue weighted by Crippen LogP contribution is -2.54. The Bertz CT molecular complexity index is 464. The molecule has 0 fully saturated rings. The highest BCUT2D eigenvalue weighted by Crippen LogP contribution is 2.40. The zero-order chi connectivity index (χ0) is 23.7. The van der Waals surface area contributed by atoms with E-state index in [2.05, 4.69) is 13.3 Å². The molecule has 19 heteroatoms. The molecular weight excluding hydrogens is 481 g/mol. The summed E-state index contributed by atoms with van der Waals surface area (Å²) in [7, 11) is -5.76. The van der Waals surface area contributed by atoms with E-state index in [9.17, 15) is 65.9 Å². The SMILES string of the molecule is C[Si](OCC(F)(F)C(F)(F)F)(OCC(F)(F)C(F)(F)F)OCC(F)(F)C(F)(F)F. The van der Waals surface area contributed by atoms with Crippen molar-refractivity contribution < 1.29 is 79.1 Å². The first-order valence-electron chi connectivity index (χ1n) is 6.62. The van der Waals surface area contributed by atoms with Gasteiger partial charge in [0.15, 0.2) is 0 Å². The summed E-state index contributed by atoms with van der Waals surface area (Å²) in [6, 6.07) is 0. The first-order chi connectivity index (χ1) is 12.4. The molecule has 0 atom stereocenters. The van der Waals surface area contributed by atoms with Gasteiger partial charge in [-0.1, -0.05) is 0 Å². The summed E-state index contributed by atoms with van der Waals surface area (Å²) in [4.78, 5) is 0. The molecule has 0 radical (unpaired) electrons. The molecule has 0 spiro atoms. The van der Waals surface area contributed by atoms with Crippen LogP contribution >= 0.6 is 0 Å². The molecule has 0 saturated carbocycles. The van der Waals surface area contributed by atoms with Crippen LogP contribution in [-0.2, 0) is 13.3 Å². The van der Waals surface area contributed by atoms with E-state index in [0.717, 1.165) is 0 Å².